The fraction of sp³-hybridized carbons (Fsp3) is 0.417. The number of benzene rings is 1. The summed E-state index contributed by atoms with van der Waals surface area (Å²) >= 11 is 0. The SMILES string of the molecule is O=CNC1(c2ccc(F)cc2F)CCCC1. The molecular formula is C12H13F2NO. The van der Waals surface area contributed by atoms with Gasteiger partial charge < -0.3 is 5.32 Å². The number of nitrogens with one attached hydrogen (secondary N) is 1. The maximum absolute atomic E-state index is 13.7. The second-order valence-electron chi connectivity index (χ2n) is 4.18. The van der Waals surface area contributed by atoms with Crippen LogP contribution < -0.4 is 5.32 Å². The summed E-state index contributed by atoms with van der Waals surface area (Å²) < 4.78 is 26.5. The molecule has 0 radical (unpaired) electrons. The summed E-state index contributed by atoms with van der Waals surface area (Å²) in [5.41, 5.74) is -0.252. The molecule has 0 aliphatic heterocycles. The first kappa shape index (κ1) is 11.0. The van der Waals surface area contributed by atoms with E-state index in [9.17, 15) is 13.6 Å². The molecule has 0 unspecified atom stereocenters. The number of hydrogen-bond acceptors (Lipinski definition) is 1. The molecule has 1 fully saturated rings. The summed E-state index contributed by atoms with van der Waals surface area (Å²) in [6.45, 7) is 0. The summed E-state index contributed by atoms with van der Waals surface area (Å²) in [5, 5.41) is 2.69. The number of carbonyl (C=O) groups is 1. The Hall–Kier alpha value is -1.45. The van der Waals surface area contributed by atoms with Gasteiger partial charge in [-0.25, -0.2) is 8.78 Å². The van der Waals surface area contributed by atoms with Gasteiger partial charge in [-0.2, -0.15) is 0 Å². The Morgan fingerprint density at radius 3 is 2.50 bits per heavy atom. The normalized spacial score (nSPS) is 18.4. The predicted octanol–water partition coefficient (Wildman–Crippen LogP) is 2.48. The van der Waals surface area contributed by atoms with Crippen LogP contribution in [0.3, 0.4) is 0 Å². The first-order valence-electron chi connectivity index (χ1n) is 5.35. The van der Waals surface area contributed by atoms with Crippen LogP contribution in [0.4, 0.5) is 8.78 Å². The Balaban J connectivity index is 2.42. The van der Waals surface area contributed by atoms with Gasteiger partial charge in [0.1, 0.15) is 11.6 Å². The van der Waals surface area contributed by atoms with Gasteiger partial charge >= 0.3 is 0 Å². The van der Waals surface area contributed by atoms with Crippen molar-refractivity contribution >= 4 is 6.41 Å². The van der Waals surface area contributed by atoms with Crippen LogP contribution in [-0.4, -0.2) is 6.41 Å². The molecule has 86 valence electrons. The van der Waals surface area contributed by atoms with Crippen LogP contribution in [0.2, 0.25) is 0 Å². The summed E-state index contributed by atoms with van der Waals surface area (Å²) in [7, 11) is 0. The molecule has 0 bridgehead atoms. The Kier molecular flexibility index (Phi) is 2.90. The van der Waals surface area contributed by atoms with Crippen molar-refractivity contribution in [3.8, 4) is 0 Å². The van der Waals surface area contributed by atoms with Crippen LogP contribution in [0.15, 0.2) is 18.2 Å². The number of amides is 1. The molecule has 2 nitrogen and oxygen atoms in total. The fourth-order valence-electron chi connectivity index (χ4n) is 2.46. The first-order chi connectivity index (χ1) is 7.68. The number of hydrogen-bond donors (Lipinski definition) is 1. The third kappa shape index (κ3) is 1.79. The predicted molar refractivity (Wildman–Crippen MR) is 55.7 cm³/mol. The van der Waals surface area contributed by atoms with E-state index in [1.165, 1.54) is 12.1 Å². The number of rotatable bonds is 3. The van der Waals surface area contributed by atoms with Gasteiger partial charge in [0.2, 0.25) is 6.41 Å². The van der Waals surface area contributed by atoms with Crippen LogP contribution in [-0.2, 0) is 10.3 Å². The highest BCUT2D eigenvalue weighted by molar-refractivity contribution is 5.50. The van der Waals surface area contributed by atoms with E-state index >= 15 is 0 Å². The first-order valence-corrected chi connectivity index (χ1v) is 5.35. The molecule has 1 aromatic carbocycles. The van der Waals surface area contributed by atoms with Crippen molar-refractivity contribution in [1.82, 2.24) is 5.32 Å². The molecule has 0 atom stereocenters. The van der Waals surface area contributed by atoms with E-state index in [0.717, 1.165) is 18.9 Å². The van der Waals surface area contributed by atoms with E-state index < -0.39 is 17.2 Å². The lowest BCUT2D eigenvalue weighted by Crippen LogP contribution is -2.39. The van der Waals surface area contributed by atoms with E-state index in [4.69, 9.17) is 0 Å². The quantitative estimate of drug-likeness (QED) is 0.787. The van der Waals surface area contributed by atoms with Gasteiger partial charge in [-0.3, -0.25) is 4.79 Å². The highest BCUT2D eigenvalue weighted by Crippen LogP contribution is 2.39. The molecule has 0 spiro atoms. The molecule has 0 heterocycles. The lowest BCUT2D eigenvalue weighted by molar-refractivity contribution is -0.111. The molecule has 1 saturated carbocycles. The Morgan fingerprint density at radius 2 is 1.94 bits per heavy atom. The van der Waals surface area contributed by atoms with Crippen molar-refractivity contribution in [1.29, 1.82) is 0 Å². The van der Waals surface area contributed by atoms with Crippen LogP contribution in [0, 0.1) is 11.6 Å². The molecule has 16 heavy (non-hydrogen) atoms. The summed E-state index contributed by atoms with van der Waals surface area (Å²) in [4.78, 5) is 10.6. The van der Waals surface area contributed by atoms with Crippen molar-refractivity contribution in [3.63, 3.8) is 0 Å². The average Bonchev–Trinajstić information content (AvgIpc) is 2.67. The standard InChI is InChI=1S/C12H13F2NO/c13-9-3-4-10(11(14)7-9)12(15-8-16)5-1-2-6-12/h3-4,7-8H,1-2,5-6H2,(H,15,16). The topological polar surface area (TPSA) is 29.1 Å². The molecule has 1 amide bonds. The van der Waals surface area contributed by atoms with Gasteiger partial charge in [0.15, 0.2) is 0 Å². The summed E-state index contributed by atoms with van der Waals surface area (Å²) in [6, 6.07) is 3.51. The number of halogens is 2. The highest BCUT2D eigenvalue weighted by Gasteiger charge is 2.37. The van der Waals surface area contributed by atoms with Crippen molar-refractivity contribution < 1.29 is 13.6 Å². The maximum Gasteiger partial charge on any atom is 0.207 e. The minimum absolute atomic E-state index is 0.388. The van der Waals surface area contributed by atoms with Gasteiger partial charge in [-0.15, -0.1) is 0 Å². The van der Waals surface area contributed by atoms with Gasteiger partial charge in [0.05, 0.1) is 5.54 Å². The minimum Gasteiger partial charge on any atom is -0.349 e. The lowest BCUT2D eigenvalue weighted by atomic mass is 9.88. The fourth-order valence-corrected chi connectivity index (χ4v) is 2.46. The van der Waals surface area contributed by atoms with Crippen LogP contribution >= 0.6 is 0 Å². The molecule has 2 rings (SSSR count). The van der Waals surface area contributed by atoms with E-state index in [-0.39, 0.29) is 0 Å². The van der Waals surface area contributed by atoms with Crippen LogP contribution in [0.5, 0.6) is 0 Å². The van der Waals surface area contributed by atoms with Gasteiger partial charge in [-0.1, -0.05) is 18.9 Å². The van der Waals surface area contributed by atoms with E-state index in [0.29, 0.717) is 24.8 Å². The van der Waals surface area contributed by atoms with Gasteiger partial charge in [0, 0.05) is 11.6 Å². The largest absolute Gasteiger partial charge is 0.349 e. The zero-order chi connectivity index (χ0) is 11.6. The minimum atomic E-state index is -0.639. The Labute approximate surface area is 92.7 Å². The van der Waals surface area contributed by atoms with Crippen LogP contribution in [0.25, 0.3) is 0 Å². The van der Waals surface area contributed by atoms with Crippen molar-refractivity contribution in [2.45, 2.75) is 31.2 Å². The molecule has 1 aliphatic rings. The smallest absolute Gasteiger partial charge is 0.207 e. The van der Waals surface area contributed by atoms with Crippen molar-refractivity contribution in [3.05, 3.63) is 35.4 Å². The van der Waals surface area contributed by atoms with E-state index in [2.05, 4.69) is 5.32 Å². The molecule has 4 heteroatoms. The molecular weight excluding hydrogens is 212 g/mol. The van der Waals surface area contributed by atoms with Gasteiger partial charge in [0.25, 0.3) is 0 Å². The lowest BCUT2D eigenvalue weighted by Gasteiger charge is -2.29. The van der Waals surface area contributed by atoms with Crippen LogP contribution in [0.1, 0.15) is 31.2 Å². The maximum atomic E-state index is 13.7. The third-order valence-electron chi connectivity index (χ3n) is 3.24. The van der Waals surface area contributed by atoms with Crippen molar-refractivity contribution in [2.24, 2.45) is 0 Å². The molecule has 1 aliphatic carbocycles. The molecule has 1 aromatic rings. The monoisotopic (exact) mass is 225 g/mol. The Morgan fingerprint density at radius 1 is 1.25 bits per heavy atom. The van der Waals surface area contributed by atoms with E-state index in [1.54, 1.807) is 0 Å². The summed E-state index contributed by atoms with van der Waals surface area (Å²) in [6.07, 6.45) is 3.88. The molecule has 1 N–H and O–H groups in total. The second-order valence-corrected chi connectivity index (χ2v) is 4.18. The zero-order valence-electron chi connectivity index (χ0n) is 8.80. The zero-order valence-corrected chi connectivity index (χ0v) is 8.80. The van der Waals surface area contributed by atoms with Crippen molar-refractivity contribution in [2.75, 3.05) is 0 Å². The molecule has 0 aromatic heterocycles. The summed E-state index contributed by atoms with van der Waals surface area (Å²) in [5.74, 6) is -1.18. The number of carbonyl (C=O) groups excluding carboxylic acids is 1. The molecule has 0 saturated heterocycles. The Bertz CT molecular complexity index is 400. The van der Waals surface area contributed by atoms with E-state index in [1.807, 2.05) is 0 Å². The average molecular weight is 225 g/mol. The highest BCUT2D eigenvalue weighted by atomic mass is 19.1. The third-order valence-corrected chi connectivity index (χ3v) is 3.24. The van der Waals surface area contributed by atoms with Gasteiger partial charge in [-0.05, 0) is 18.9 Å². The second kappa shape index (κ2) is 4.20.